The zero-order chi connectivity index (χ0) is 20.5. The number of hydrogen-bond acceptors (Lipinski definition) is 5. The summed E-state index contributed by atoms with van der Waals surface area (Å²) in [5, 5.41) is 3.68. The number of nitrogens with one attached hydrogen (secondary N) is 1. The summed E-state index contributed by atoms with van der Waals surface area (Å²) in [6.07, 6.45) is 7.21. The molecule has 2 fully saturated rings. The first-order valence-corrected chi connectivity index (χ1v) is 12.0. The third-order valence-corrected chi connectivity index (χ3v) is 8.95. The minimum absolute atomic E-state index is 0.0406. The Morgan fingerprint density at radius 3 is 3.00 bits per heavy atom. The minimum atomic E-state index is -0.0406. The smallest absolute Gasteiger partial charge is 0.223 e. The molecule has 0 radical (unpaired) electrons. The Hall–Kier alpha value is -1.92. The van der Waals surface area contributed by atoms with Crippen LogP contribution in [0.2, 0.25) is 0 Å². The van der Waals surface area contributed by atoms with Gasteiger partial charge in [-0.2, -0.15) is 0 Å². The third kappa shape index (κ3) is 2.91. The van der Waals surface area contributed by atoms with Crippen LogP contribution in [0.5, 0.6) is 5.75 Å². The number of benzene rings is 1. The number of piperidine rings is 1. The van der Waals surface area contributed by atoms with Gasteiger partial charge in [0.15, 0.2) is 5.13 Å². The number of carbonyl (C=O) groups is 1. The molecule has 1 aromatic heterocycles. The van der Waals surface area contributed by atoms with E-state index in [1.54, 1.807) is 25.4 Å². The predicted octanol–water partition coefficient (Wildman–Crippen LogP) is 3.80. The van der Waals surface area contributed by atoms with Crippen molar-refractivity contribution < 1.29 is 9.53 Å². The molecule has 1 amide bonds. The molecule has 30 heavy (non-hydrogen) atoms. The zero-order valence-electron chi connectivity index (χ0n) is 17.7. The topological polar surface area (TPSA) is 54.5 Å². The Bertz CT molecular complexity index is 1010. The summed E-state index contributed by atoms with van der Waals surface area (Å²) < 4.78 is 5.62. The number of hydrogen-bond donors (Lipinski definition) is 1. The molecule has 4 aliphatic rings. The number of rotatable bonds is 4. The van der Waals surface area contributed by atoms with Gasteiger partial charge in [0.1, 0.15) is 5.75 Å². The second-order valence-corrected chi connectivity index (χ2v) is 10.8. The second kappa shape index (κ2) is 6.79. The van der Waals surface area contributed by atoms with Gasteiger partial charge in [0.05, 0.1) is 12.8 Å². The lowest BCUT2D eigenvalue weighted by atomic mass is 9.53. The molecule has 1 aromatic carbocycles. The summed E-state index contributed by atoms with van der Waals surface area (Å²) in [6.45, 7) is 4.02. The molecule has 158 valence electrons. The van der Waals surface area contributed by atoms with E-state index in [2.05, 4.69) is 28.4 Å². The Kier molecular flexibility index (Phi) is 4.26. The maximum Gasteiger partial charge on any atom is 0.223 e. The molecule has 0 spiro atoms. The fraction of sp³-hybridized carbons (Fsp3) is 0.583. The number of methoxy groups -OCH3 is 1. The Labute approximate surface area is 181 Å². The highest BCUT2D eigenvalue weighted by Crippen LogP contribution is 2.56. The Morgan fingerprint density at radius 1 is 1.37 bits per heavy atom. The van der Waals surface area contributed by atoms with Gasteiger partial charge in [-0.3, -0.25) is 9.69 Å². The van der Waals surface area contributed by atoms with Crippen LogP contribution in [0.15, 0.2) is 18.2 Å². The minimum Gasteiger partial charge on any atom is -0.497 e. The number of anilines is 1. The average Bonchev–Trinajstić information content (AvgIpc) is 3.46. The van der Waals surface area contributed by atoms with Crippen LogP contribution in [-0.2, 0) is 29.5 Å². The number of fused-ring (bicyclic) bond motifs is 2. The number of thiazole rings is 1. The highest BCUT2D eigenvalue weighted by Gasteiger charge is 2.56. The first-order chi connectivity index (χ1) is 14.6. The second-order valence-electron chi connectivity index (χ2n) is 9.70. The molecule has 3 aliphatic carbocycles. The number of aromatic nitrogens is 1. The van der Waals surface area contributed by atoms with Crippen LogP contribution < -0.4 is 10.1 Å². The van der Waals surface area contributed by atoms with Crippen LogP contribution in [0.25, 0.3) is 0 Å². The van der Waals surface area contributed by atoms with E-state index in [1.807, 2.05) is 0 Å². The van der Waals surface area contributed by atoms with Crippen molar-refractivity contribution in [2.45, 2.75) is 56.9 Å². The lowest BCUT2D eigenvalue weighted by molar-refractivity contribution is -0.114. The lowest BCUT2D eigenvalue weighted by Crippen LogP contribution is -2.62. The van der Waals surface area contributed by atoms with E-state index in [-0.39, 0.29) is 11.3 Å². The third-order valence-electron chi connectivity index (χ3n) is 7.91. The Morgan fingerprint density at radius 2 is 2.23 bits per heavy atom. The number of ether oxygens (including phenoxy) is 1. The SMILES string of the molecule is COc1ccc2c(c1)[C@]13CCN(CC4CC4)[C@H](C2)[C@@H]1Cc1sc(NC(C)=O)nc1C3. The fourth-order valence-electron chi connectivity index (χ4n) is 6.36. The van der Waals surface area contributed by atoms with E-state index < -0.39 is 0 Å². The van der Waals surface area contributed by atoms with Crippen molar-refractivity contribution in [2.75, 3.05) is 25.5 Å². The molecule has 0 unspecified atom stereocenters. The molecule has 6 rings (SSSR count). The van der Waals surface area contributed by atoms with E-state index in [0.717, 1.165) is 36.1 Å². The number of amides is 1. The van der Waals surface area contributed by atoms with E-state index >= 15 is 0 Å². The van der Waals surface area contributed by atoms with Crippen LogP contribution in [0, 0.1) is 11.8 Å². The molecule has 1 aliphatic heterocycles. The average molecular weight is 424 g/mol. The number of likely N-dealkylation sites (tertiary alicyclic amines) is 1. The van der Waals surface area contributed by atoms with E-state index in [0.29, 0.717) is 12.0 Å². The van der Waals surface area contributed by atoms with Crippen molar-refractivity contribution in [2.24, 2.45) is 11.8 Å². The maximum absolute atomic E-state index is 11.6. The van der Waals surface area contributed by atoms with E-state index in [1.165, 1.54) is 54.0 Å². The van der Waals surface area contributed by atoms with Gasteiger partial charge in [-0.1, -0.05) is 6.07 Å². The first kappa shape index (κ1) is 18.8. The van der Waals surface area contributed by atoms with Crippen LogP contribution in [0.4, 0.5) is 5.13 Å². The molecule has 2 bridgehead atoms. The van der Waals surface area contributed by atoms with Crippen molar-refractivity contribution in [3.05, 3.63) is 39.9 Å². The molecule has 1 saturated carbocycles. The summed E-state index contributed by atoms with van der Waals surface area (Å²) in [5.41, 5.74) is 4.33. The zero-order valence-corrected chi connectivity index (χ0v) is 18.6. The summed E-state index contributed by atoms with van der Waals surface area (Å²) >= 11 is 1.68. The number of carbonyl (C=O) groups excluding carboxylic acids is 1. The van der Waals surface area contributed by atoms with Gasteiger partial charge < -0.3 is 10.1 Å². The molecule has 6 heteroatoms. The van der Waals surface area contributed by atoms with Crippen molar-refractivity contribution >= 4 is 22.4 Å². The summed E-state index contributed by atoms with van der Waals surface area (Å²) in [6, 6.07) is 7.35. The van der Waals surface area contributed by atoms with Gasteiger partial charge in [0, 0.05) is 36.2 Å². The molecular formula is C24H29N3O2S. The van der Waals surface area contributed by atoms with Crippen molar-refractivity contribution in [3.63, 3.8) is 0 Å². The van der Waals surface area contributed by atoms with Crippen LogP contribution >= 0.6 is 11.3 Å². The summed E-state index contributed by atoms with van der Waals surface area (Å²) in [7, 11) is 1.76. The lowest BCUT2D eigenvalue weighted by Gasteiger charge is -2.58. The molecule has 3 atom stereocenters. The first-order valence-electron chi connectivity index (χ1n) is 11.2. The molecule has 2 heterocycles. The standard InChI is InChI=1S/C24H29N3O2S/c1-14(28)25-23-26-20-12-24-7-8-27(13-15-3-4-15)21(19(24)11-22(20)30-23)9-16-5-6-17(29-2)10-18(16)24/h5-6,10,15,19,21H,3-4,7-9,11-13H2,1-2H3,(H,25,26,28)/t19-,21+,24+/m0/s1. The van der Waals surface area contributed by atoms with Gasteiger partial charge >= 0.3 is 0 Å². The van der Waals surface area contributed by atoms with Crippen LogP contribution in [-0.4, -0.2) is 42.0 Å². The quantitative estimate of drug-likeness (QED) is 0.813. The van der Waals surface area contributed by atoms with Gasteiger partial charge in [-0.05, 0) is 73.7 Å². The number of nitrogens with zero attached hydrogens (tertiary/aromatic N) is 2. The van der Waals surface area contributed by atoms with E-state index in [9.17, 15) is 4.79 Å². The van der Waals surface area contributed by atoms with Gasteiger partial charge in [-0.25, -0.2) is 4.98 Å². The highest BCUT2D eigenvalue weighted by molar-refractivity contribution is 7.15. The van der Waals surface area contributed by atoms with Crippen LogP contribution in [0.3, 0.4) is 0 Å². The predicted molar refractivity (Wildman–Crippen MR) is 118 cm³/mol. The van der Waals surface area contributed by atoms with Crippen molar-refractivity contribution in [3.8, 4) is 5.75 Å². The summed E-state index contributed by atoms with van der Waals surface area (Å²) in [4.78, 5) is 20.6. The van der Waals surface area contributed by atoms with Gasteiger partial charge in [0.25, 0.3) is 0 Å². The maximum atomic E-state index is 11.6. The van der Waals surface area contributed by atoms with Gasteiger partial charge in [-0.15, -0.1) is 11.3 Å². The van der Waals surface area contributed by atoms with Gasteiger partial charge in [0.2, 0.25) is 5.91 Å². The molecule has 1 N–H and O–H groups in total. The van der Waals surface area contributed by atoms with Crippen LogP contribution in [0.1, 0.15) is 47.9 Å². The Balaban J connectivity index is 1.44. The normalized spacial score (nSPS) is 29.5. The highest BCUT2D eigenvalue weighted by atomic mass is 32.1. The monoisotopic (exact) mass is 423 g/mol. The molecule has 1 saturated heterocycles. The van der Waals surface area contributed by atoms with Crippen molar-refractivity contribution in [1.29, 1.82) is 0 Å². The van der Waals surface area contributed by atoms with Crippen molar-refractivity contribution in [1.82, 2.24) is 9.88 Å². The largest absolute Gasteiger partial charge is 0.497 e. The molecular weight excluding hydrogens is 394 g/mol. The molecule has 5 nitrogen and oxygen atoms in total. The van der Waals surface area contributed by atoms with E-state index in [4.69, 9.17) is 9.72 Å². The molecule has 2 aromatic rings. The fourth-order valence-corrected chi connectivity index (χ4v) is 7.44. The summed E-state index contributed by atoms with van der Waals surface area (Å²) in [5.74, 6) is 2.45.